The first kappa shape index (κ1) is 33.1. The lowest BCUT2D eigenvalue weighted by Crippen LogP contribution is -2.25. The average molecular weight is 616 g/mol. The second-order valence-corrected chi connectivity index (χ2v) is 8.93. The van der Waals surface area contributed by atoms with Gasteiger partial charge in [-0.15, -0.1) is 0 Å². The van der Waals surface area contributed by atoms with Crippen molar-refractivity contribution in [2.75, 3.05) is 13.3 Å². The maximum atomic E-state index is 14.8. The van der Waals surface area contributed by atoms with Crippen molar-refractivity contribution in [3.63, 3.8) is 0 Å². The topological polar surface area (TPSA) is 18.5 Å². The molecule has 0 unspecified atom stereocenters. The molecule has 0 radical (unpaired) electrons. The number of hydrogen-bond donors (Lipinski definition) is 0. The predicted octanol–water partition coefficient (Wildman–Crippen LogP) is 9.12. The molecule has 12 heteroatoms. The Morgan fingerprint density at radius 1 is 0.860 bits per heavy atom. The number of allylic oxidation sites excluding steroid dienone is 3. The van der Waals surface area contributed by atoms with Crippen molar-refractivity contribution in [3.05, 3.63) is 123 Å². The third kappa shape index (κ3) is 9.04. The largest absolute Gasteiger partial charge is 0.494 e. The lowest BCUT2D eigenvalue weighted by atomic mass is 10.1. The molecule has 0 fully saturated rings. The Balaban J connectivity index is 1.78. The first-order valence-corrected chi connectivity index (χ1v) is 12.6. The molecule has 0 saturated carbocycles. The van der Waals surface area contributed by atoms with E-state index >= 15 is 0 Å². The predicted molar refractivity (Wildman–Crippen MR) is 137 cm³/mol. The van der Waals surface area contributed by atoms with E-state index < -0.39 is 76.8 Å². The second kappa shape index (κ2) is 14.7. The van der Waals surface area contributed by atoms with Crippen molar-refractivity contribution < 1.29 is 53.4 Å². The van der Waals surface area contributed by atoms with Crippen LogP contribution in [0.5, 0.6) is 5.75 Å². The van der Waals surface area contributed by atoms with Crippen LogP contribution in [0.2, 0.25) is 0 Å². The summed E-state index contributed by atoms with van der Waals surface area (Å²) in [6, 6.07) is 4.11. The highest BCUT2D eigenvalue weighted by atomic mass is 19.3. The van der Waals surface area contributed by atoms with Gasteiger partial charge in [0.25, 0.3) is 0 Å². The van der Waals surface area contributed by atoms with E-state index in [1.807, 2.05) is 6.92 Å². The van der Waals surface area contributed by atoms with Gasteiger partial charge in [0.2, 0.25) is 0 Å². The summed E-state index contributed by atoms with van der Waals surface area (Å²) < 4.78 is 150. The Morgan fingerprint density at radius 3 is 2.09 bits per heavy atom. The zero-order chi connectivity index (χ0) is 31.7. The highest BCUT2D eigenvalue weighted by molar-refractivity contribution is 5.45. The van der Waals surface area contributed by atoms with Crippen LogP contribution >= 0.6 is 0 Å². The number of alkyl halides is 3. The minimum absolute atomic E-state index is 0.145. The van der Waals surface area contributed by atoms with Crippen LogP contribution in [0.4, 0.5) is 43.9 Å². The molecule has 3 rings (SSSR count). The van der Waals surface area contributed by atoms with Crippen molar-refractivity contribution in [2.45, 2.75) is 32.3 Å². The van der Waals surface area contributed by atoms with Crippen molar-refractivity contribution in [3.8, 4) is 17.6 Å². The summed E-state index contributed by atoms with van der Waals surface area (Å²) in [4.78, 5) is 0. The maximum Gasteiger partial charge on any atom is 0.432 e. The molecule has 3 aromatic rings. The minimum Gasteiger partial charge on any atom is -0.494 e. The van der Waals surface area contributed by atoms with Gasteiger partial charge in [0.15, 0.2) is 17.5 Å². The van der Waals surface area contributed by atoms with Gasteiger partial charge in [-0.3, -0.25) is 0 Å². The summed E-state index contributed by atoms with van der Waals surface area (Å²) in [7, 11) is 0. The molecule has 0 amide bonds. The Labute approximate surface area is 240 Å². The number of halogens is 10. The van der Waals surface area contributed by atoms with Crippen LogP contribution in [0.1, 0.15) is 42.0 Å². The summed E-state index contributed by atoms with van der Waals surface area (Å²) >= 11 is 0. The van der Waals surface area contributed by atoms with Crippen molar-refractivity contribution in [1.29, 1.82) is 0 Å². The summed E-state index contributed by atoms with van der Waals surface area (Å²) in [6.07, 6.45) is -2.25. The second-order valence-electron chi connectivity index (χ2n) is 8.93. The Bertz CT molecular complexity index is 1540. The van der Waals surface area contributed by atoms with Crippen LogP contribution in [-0.2, 0) is 17.3 Å². The molecular formula is C31H22F10O2. The van der Waals surface area contributed by atoms with Crippen LogP contribution < -0.4 is 4.74 Å². The molecule has 0 atom stereocenters. The smallest absolute Gasteiger partial charge is 0.432 e. The fraction of sp³-hybridized carbons (Fsp3) is 0.226. The Morgan fingerprint density at radius 2 is 1.51 bits per heavy atom. The molecule has 0 aliphatic heterocycles. The zero-order valence-electron chi connectivity index (χ0n) is 22.3. The van der Waals surface area contributed by atoms with E-state index in [2.05, 4.69) is 16.6 Å². The van der Waals surface area contributed by atoms with Crippen molar-refractivity contribution in [2.24, 2.45) is 0 Å². The van der Waals surface area contributed by atoms with Gasteiger partial charge < -0.3 is 9.47 Å². The first-order valence-electron chi connectivity index (χ1n) is 12.6. The number of benzene rings is 3. The zero-order valence-corrected chi connectivity index (χ0v) is 22.3. The molecule has 228 valence electrons. The van der Waals surface area contributed by atoms with Crippen molar-refractivity contribution >= 4 is 0 Å². The molecule has 0 spiro atoms. The van der Waals surface area contributed by atoms with Crippen LogP contribution in [0.15, 0.2) is 66.2 Å². The van der Waals surface area contributed by atoms with E-state index in [0.717, 1.165) is 30.7 Å². The quantitative estimate of drug-likeness (QED) is 0.0535. The van der Waals surface area contributed by atoms with Gasteiger partial charge >= 0.3 is 6.11 Å². The summed E-state index contributed by atoms with van der Waals surface area (Å²) in [5.74, 6) is -7.21. The number of hydrogen-bond acceptors (Lipinski definition) is 2. The minimum atomic E-state index is -4.66. The highest BCUT2D eigenvalue weighted by Crippen LogP contribution is 2.36. The van der Waals surface area contributed by atoms with E-state index in [0.29, 0.717) is 36.8 Å². The fourth-order valence-corrected chi connectivity index (χ4v) is 3.60. The van der Waals surface area contributed by atoms with E-state index in [9.17, 15) is 43.9 Å². The first-order chi connectivity index (χ1) is 20.3. The van der Waals surface area contributed by atoms with Gasteiger partial charge in [-0.05, 0) is 54.5 Å². The summed E-state index contributed by atoms with van der Waals surface area (Å²) in [5.41, 5.74) is -2.97. The van der Waals surface area contributed by atoms with Crippen LogP contribution in [0.25, 0.3) is 0 Å². The molecule has 0 aliphatic carbocycles. The lowest BCUT2D eigenvalue weighted by molar-refractivity contribution is -0.189. The summed E-state index contributed by atoms with van der Waals surface area (Å²) in [5, 5.41) is 0. The third-order valence-corrected chi connectivity index (χ3v) is 5.62. The lowest BCUT2D eigenvalue weighted by Gasteiger charge is -2.20. The van der Waals surface area contributed by atoms with Gasteiger partial charge in [-0.2, -0.15) is 8.78 Å². The SMILES string of the molecule is CCCCOC(/C=C(/F)Cc1cc(F)c(C(F)(F)Oc2ccc(C#Cc3cc(F)c(F)c(F)c3)c(F)c2)c(F)c1)=C/CF. The molecule has 2 nitrogen and oxygen atoms in total. The highest BCUT2D eigenvalue weighted by Gasteiger charge is 2.41. The summed E-state index contributed by atoms with van der Waals surface area (Å²) in [6.45, 7) is 1.09. The molecule has 0 heterocycles. The molecule has 0 aromatic heterocycles. The standard InChI is InChI=1S/C31H22F10O2/c1-2-3-10-42-22(8-9-32)16-21(33)11-19-14-25(35)29(26(36)15-19)31(40,41)43-23-7-6-20(24(34)17-23)5-4-18-12-27(37)30(39)28(38)13-18/h6-8,12-17H,2-3,9-11H2,1H3/b21-16+,22-8+. The molecular weight excluding hydrogens is 594 g/mol. The molecule has 0 aliphatic rings. The van der Waals surface area contributed by atoms with E-state index in [1.54, 1.807) is 0 Å². The van der Waals surface area contributed by atoms with E-state index in [1.165, 1.54) is 0 Å². The normalized spacial score (nSPS) is 12.2. The van der Waals surface area contributed by atoms with E-state index in [-0.39, 0.29) is 23.5 Å². The molecule has 43 heavy (non-hydrogen) atoms. The van der Waals surface area contributed by atoms with Crippen LogP contribution in [0.3, 0.4) is 0 Å². The number of rotatable bonds is 11. The van der Waals surface area contributed by atoms with Crippen LogP contribution in [0, 0.1) is 46.7 Å². The van der Waals surface area contributed by atoms with Gasteiger partial charge in [0.1, 0.15) is 47.0 Å². The number of unbranched alkanes of at least 4 members (excludes halogenated alkanes) is 1. The van der Waals surface area contributed by atoms with Crippen LogP contribution in [-0.4, -0.2) is 13.3 Å². The maximum absolute atomic E-state index is 14.8. The van der Waals surface area contributed by atoms with Gasteiger partial charge in [-0.1, -0.05) is 25.2 Å². The number of ether oxygens (including phenoxy) is 2. The molecule has 0 N–H and O–H groups in total. The molecule has 0 saturated heterocycles. The average Bonchev–Trinajstić information content (AvgIpc) is 2.90. The van der Waals surface area contributed by atoms with Crippen molar-refractivity contribution in [1.82, 2.24) is 0 Å². The monoisotopic (exact) mass is 616 g/mol. The third-order valence-electron chi connectivity index (χ3n) is 5.62. The van der Waals surface area contributed by atoms with Gasteiger partial charge in [0, 0.05) is 24.1 Å². The molecule has 3 aromatic carbocycles. The Hall–Kier alpha value is -4.40. The fourth-order valence-electron chi connectivity index (χ4n) is 3.60. The van der Waals surface area contributed by atoms with Gasteiger partial charge in [-0.25, -0.2) is 35.1 Å². The Kier molecular flexibility index (Phi) is 11.3. The van der Waals surface area contributed by atoms with E-state index in [4.69, 9.17) is 4.74 Å². The molecule has 0 bridgehead atoms. The van der Waals surface area contributed by atoms with Gasteiger partial charge in [0.05, 0.1) is 12.2 Å².